The second kappa shape index (κ2) is 5.92. The molecular weight excluding hydrogens is 258 g/mol. The van der Waals surface area contributed by atoms with E-state index in [4.69, 9.17) is 5.11 Å². The van der Waals surface area contributed by atoms with Crippen molar-refractivity contribution in [3.63, 3.8) is 0 Å². The number of carboxylic acids is 1. The van der Waals surface area contributed by atoms with Gasteiger partial charge in [0.05, 0.1) is 0 Å². The molecule has 0 bridgehead atoms. The first-order chi connectivity index (χ1) is 9.56. The van der Waals surface area contributed by atoms with E-state index in [0.29, 0.717) is 6.54 Å². The number of carbonyl (C=O) groups is 2. The summed E-state index contributed by atoms with van der Waals surface area (Å²) in [5.74, 6) is -1.37. The van der Waals surface area contributed by atoms with Crippen molar-refractivity contribution in [2.24, 2.45) is 0 Å². The molecule has 1 heterocycles. The molecule has 0 aliphatic heterocycles. The van der Waals surface area contributed by atoms with Crippen LogP contribution in [0, 0.1) is 6.92 Å². The topological polar surface area (TPSA) is 92.2 Å². The third-order valence-electron chi connectivity index (χ3n) is 2.59. The van der Waals surface area contributed by atoms with E-state index < -0.39 is 11.9 Å². The number of benzene rings is 1. The maximum Gasteiger partial charge on any atom is 0.354 e. The number of rotatable bonds is 4. The van der Waals surface area contributed by atoms with Gasteiger partial charge in [0, 0.05) is 12.6 Å². The number of amides is 1. The lowest BCUT2D eigenvalue weighted by atomic mass is 10.2. The summed E-state index contributed by atoms with van der Waals surface area (Å²) in [7, 11) is 0. The van der Waals surface area contributed by atoms with Crippen molar-refractivity contribution in [1.82, 2.24) is 15.3 Å². The largest absolute Gasteiger partial charge is 0.477 e. The minimum atomic E-state index is -1.19. The minimum absolute atomic E-state index is 0.0471. The van der Waals surface area contributed by atoms with Gasteiger partial charge >= 0.3 is 5.97 Å². The normalized spacial score (nSPS) is 10.1. The van der Waals surface area contributed by atoms with Gasteiger partial charge < -0.3 is 10.4 Å². The summed E-state index contributed by atoms with van der Waals surface area (Å²) in [6, 6.07) is 10.6. The second-order valence-corrected chi connectivity index (χ2v) is 4.16. The summed E-state index contributed by atoms with van der Waals surface area (Å²) in [4.78, 5) is 30.5. The Labute approximate surface area is 115 Å². The molecule has 102 valence electrons. The van der Waals surface area contributed by atoms with Crippen LogP contribution in [0.3, 0.4) is 0 Å². The molecule has 0 unspecified atom stereocenters. The maximum absolute atomic E-state index is 12.0. The van der Waals surface area contributed by atoms with E-state index in [2.05, 4.69) is 15.3 Å². The number of hydrogen-bond donors (Lipinski definition) is 2. The SMILES string of the molecule is Cc1nc(C(=O)O)cc(C(=O)NCc2ccccc2)n1. The summed E-state index contributed by atoms with van der Waals surface area (Å²) in [5, 5.41) is 11.6. The van der Waals surface area contributed by atoms with Gasteiger partial charge in [0.25, 0.3) is 5.91 Å². The van der Waals surface area contributed by atoms with Gasteiger partial charge in [0.2, 0.25) is 0 Å². The second-order valence-electron chi connectivity index (χ2n) is 4.16. The van der Waals surface area contributed by atoms with Crippen molar-refractivity contribution in [2.45, 2.75) is 13.5 Å². The van der Waals surface area contributed by atoms with Crippen LogP contribution in [-0.4, -0.2) is 27.0 Å². The Hall–Kier alpha value is -2.76. The molecule has 2 N–H and O–H groups in total. The van der Waals surface area contributed by atoms with Crippen LogP contribution in [0.15, 0.2) is 36.4 Å². The first-order valence-corrected chi connectivity index (χ1v) is 5.97. The number of aromatic nitrogens is 2. The Morgan fingerprint density at radius 3 is 2.45 bits per heavy atom. The number of aryl methyl sites for hydroxylation is 1. The summed E-state index contributed by atoms with van der Waals surface area (Å²) in [5.41, 5.74) is 0.804. The Bertz CT molecular complexity index is 641. The average Bonchev–Trinajstić information content (AvgIpc) is 2.45. The van der Waals surface area contributed by atoms with Crippen LogP contribution in [0.1, 0.15) is 32.4 Å². The molecule has 1 aromatic heterocycles. The fourth-order valence-electron chi connectivity index (χ4n) is 1.66. The molecule has 20 heavy (non-hydrogen) atoms. The van der Waals surface area contributed by atoms with E-state index in [1.54, 1.807) is 6.92 Å². The zero-order valence-corrected chi connectivity index (χ0v) is 10.8. The highest BCUT2D eigenvalue weighted by atomic mass is 16.4. The highest BCUT2D eigenvalue weighted by molar-refractivity contribution is 5.95. The molecule has 2 rings (SSSR count). The number of hydrogen-bond acceptors (Lipinski definition) is 4. The van der Waals surface area contributed by atoms with Crippen LogP contribution >= 0.6 is 0 Å². The predicted molar refractivity (Wildman–Crippen MR) is 71.3 cm³/mol. The van der Waals surface area contributed by atoms with Crippen molar-refractivity contribution in [2.75, 3.05) is 0 Å². The molecular formula is C14H13N3O3. The number of carboxylic acid groups (broad SMARTS) is 1. The maximum atomic E-state index is 12.0. The van der Waals surface area contributed by atoms with Crippen molar-refractivity contribution in [3.05, 3.63) is 59.2 Å². The lowest BCUT2D eigenvalue weighted by molar-refractivity contribution is 0.0690. The lowest BCUT2D eigenvalue weighted by Crippen LogP contribution is -2.25. The van der Waals surface area contributed by atoms with Crippen LogP contribution in [-0.2, 0) is 6.54 Å². The molecule has 0 atom stereocenters. The molecule has 0 spiro atoms. The summed E-state index contributed by atoms with van der Waals surface area (Å²) >= 11 is 0. The molecule has 1 amide bonds. The standard InChI is InChI=1S/C14H13N3O3/c1-9-16-11(7-12(17-9)14(19)20)13(18)15-8-10-5-3-2-4-6-10/h2-7H,8H2,1H3,(H,15,18)(H,19,20). The summed E-state index contributed by atoms with van der Waals surface area (Å²) in [6.07, 6.45) is 0. The minimum Gasteiger partial charge on any atom is -0.477 e. The van der Waals surface area contributed by atoms with E-state index in [9.17, 15) is 9.59 Å². The molecule has 0 saturated heterocycles. The van der Waals surface area contributed by atoms with E-state index in [1.807, 2.05) is 30.3 Å². The van der Waals surface area contributed by atoms with Crippen LogP contribution in [0.4, 0.5) is 0 Å². The quantitative estimate of drug-likeness (QED) is 0.877. The smallest absolute Gasteiger partial charge is 0.354 e. The third-order valence-corrected chi connectivity index (χ3v) is 2.59. The van der Waals surface area contributed by atoms with Gasteiger partial charge in [-0.3, -0.25) is 4.79 Å². The molecule has 6 heteroatoms. The zero-order valence-electron chi connectivity index (χ0n) is 10.8. The van der Waals surface area contributed by atoms with E-state index in [0.717, 1.165) is 11.6 Å². The van der Waals surface area contributed by atoms with Gasteiger partial charge in [-0.2, -0.15) is 0 Å². The monoisotopic (exact) mass is 271 g/mol. The zero-order chi connectivity index (χ0) is 14.5. The molecule has 0 aliphatic rings. The first-order valence-electron chi connectivity index (χ1n) is 5.97. The van der Waals surface area contributed by atoms with Crippen molar-refractivity contribution >= 4 is 11.9 Å². The van der Waals surface area contributed by atoms with Crippen molar-refractivity contribution in [3.8, 4) is 0 Å². The summed E-state index contributed by atoms with van der Waals surface area (Å²) in [6.45, 7) is 1.89. The van der Waals surface area contributed by atoms with Gasteiger partial charge in [0.15, 0.2) is 5.69 Å². The van der Waals surface area contributed by atoms with Crippen molar-refractivity contribution < 1.29 is 14.7 Å². The molecule has 0 saturated carbocycles. The van der Waals surface area contributed by atoms with Gasteiger partial charge in [0.1, 0.15) is 11.5 Å². The Morgan fingerprint density at radius 1 is 1.15 bits per heavy atom. The molecule has 1 aromatic carbocycles. The molecule has 2 aromatic rings. The van der Waals surface area contributed by atoms with Crippen molar-refractivity contribution in [1.29, 1.82) is 0 Å². The van der Waals surface area contributed by atoms with Gasteiger partial charge in [-0.25, -0.2) is 14.8 Å². The highest BCUT2D eigenvalue weighted by Crippen LogP contribution is 2.03. The fourth-order valence-corrected chi connectivity index (χ4v) is 1.66. The van der Waals surface area contributed by atoms with Crippen LogP contribution in [0.5, 0.6) is 0 Å². The molecule has 0 radical (unpaired) electrons. The lowest BCUT2D eigenvalue weighted by Gasteiger charge is -2.06. The van der Waals surface area contributed by atoms with Gasteiger partial charge in [-0.05, 0) is 12.5 Å². The average molecular weight is 271 g/mol. The number of nitrogens with zero attached hydrogens (tertiary/aromatic N) is 2. The summed E-state index contributed by atoms with van der Waals surface area (Å²) < 4.78 is 0. The Balaban J connectivity index is 2.11. The first kappa shape index (κ1) is 13.7. The van der Waals surface area contributed by atoms with Crippen LogP contribution < -0.4 is 5.32 Å². The van der Waals surface area contributed by atoms with Gasteiger partial charge in [-0.1, -0.05) is 30.3 Å². The molecule has 0 fully saturated rings. The van der Waals surface area contributed by atoms with E-state index in [1.165, 1.54) is 0 Å². The molecule has 6 nitrogen and oxygen atoms in total. The Morgan fingerprint density at radius 2 is 1.80 bits per heavy atom. The van der Waals surface area contributed by atoms with E-state index >= 15 is 0 Å². The highest BCUT2D eigenvalue weighted by Gasteiger charge is 2.13. The van der Waals surface area contributed by atoms with E-state index in [-0.39, 0.29) is 17.2 Å². The fraction of sp³-hybridized carbons (Fsp3) is 0.143. The third kappa shape index (κ3) is 3.38. The number of aromatic carboxylic acids is 1. The predicted octanol–water partition coefficient (Wildman–Crippen LogP) is 1.41. The van der Waals surface area contributed by atoms with Crippen LogP contribution in [0.2, 0.25) is 0 Å². The molecule has 0 aliphatic carbocycles. The van der Waals surface area contributed by atoms with Crippen LogP contribution in [0.25, 0.3) is 0 Å². The Kier molecular flexibility index (Phi) is 4.05. The number of nitrogens with one attached hydrogen (secondary N) is 1. The van der Waals surface area contributed by atoms with Gasteiger partial charge in [-0.15, -0.1) is 0 Å². The number of carbonyl (C=O) groups excluding carboxylic acids is 1.